The molecule has 2 saturated heterocycles. The highest BCUT2D eigenvalue weighted by Gasteiger charge is 2.51. The van der Waals surface area contributed by atoms with Gasteiger partial charge in [0.15, 0.2) is 0 Å². The summed E-state index contributed by atoms with van der Waals surface area (Å²) in [5.41, 5.74) is 12.4. The van der Waals surface area contributed by atoms with Crippen LogP contribution in [0.4, 0.5) is 11.4 Å². The molecule has 3 aliphatic heterocycles. The van der Waals surface area contributed by atoms with Gasteiger partial charge in [-0.2, -0.15) is 0 Å². The largest absolute Gasteiger partial charge is 0.475 e. The molecule has 0 bridgehead atoms. The lowest BCUT2D eigenvalue weighted by Gasteiger charge is -2.29. The minimum Gasteiger partial charge on any atom is -0.475 e. The van der Waals surface area contributed by atoms with Crippen molar-refractivity contribution in [2.45, 2.75) is 39.2 Å². The molecular weight excluding hydrogens is 642 g/mol. The summed E-state index contributed by atoms with van der Waals surface area (Å²) < 4.78 is 5.69. The fraction of sp³-hybridized carbons (Fsp3) is 0.385. The fourth-order valence-corrected chi connectivity index (χ4v) is 7.19. The van der Waals surface area contributed by atoms with Crippen LogP contribution in [0, 0.1) is 5.41 Å². The molecule has 0 aliphatic carbocycles. The number of amides is 2. The number of anilines is 2. The van der Waals surface area contributed by atoms with Crippen molar-refractivity contribution in [1.29, 1.82) is 0 Å². The molecule has 3 N–H and O–H groups in total. The molecule has 2 fully saturated rings. The smallest absolute Gasteiger partial charge is 0.237 e. The van der Waals surface area contributed by atoms with Gasteiger partial charge in [0, 0.05) is 81.4 Å². The number of nitrogens with zero attached hydrogens (tertiary/aromatic N) is 7. The minimum atomic E-state index is -0.508. The molecule has 1 spiro atoms. The second kappa shape index (κ2) is 15.3. The zero-order valence-corrected chi connectivity index (χ0v) is 29.8. The van der Waals surface area contributed by atoms with Gasteiger partial charge in [0.1, 0.15) is 0 Å². The number of carbonyl (C=O) groups excluding carboxylic acids is 2. The fourth-order valence-electron chi connectivity index (χ4n) is 7.19. The van der Waals surface area contributed by atoms with E-state index in [1.807, 2.05) is 78.2 Å². The highest BCUT2D eigenvalue weighted by molar-refractivity contribution is 6.16. The van der Waals surface area contributed by atoms with Crippen LogP contribution < -0.4 is 20.7 Å². The van der Waals surface area contributed by atoms with Gasteiger partial charge in [0.05, 0.1) is 23.8 Å². The topological polar surface area (TPSA) is 151 Å². The molecule has 3 aliphatic rings. The first-order chi connectivity index (χ1) is 24.6. The Hall–Kier alpha value is -5.36. The van der Waals surface area contributed by atoms with Crippen LogP contribution in [0.25, 0.3) is 11.0 Å². The van der Waals surface area contributed by atoms with Crippen LogP contribution in [-0.4, -0.2) is 104 Å². The summed E-state index contributed by atoms with van der Waals surface area (Å²) in [4.78, 5) is 46.1. The highest BCUT2D eigenvalue weighted by Crippen LogP contribution is 2.43. The maximum atomic E-state index is 14.1. The van der Waals surface area contributed by atoms with E-state index in [2.05, 4.69) is 31.3 Å². The molecule has 2 aromatic carbocycles. The Labute approximate surface area is 299 Å². The number of nitrogens with two attached hydrogens (primary N) is 1. The number of nitrogens with one attached hydrogen (secondary N) is 1. The van der Waals surface area contributed by atoms with E-state index >= 15 is 0 Å². The summed E-state index contributed by atoms with van der Waals surface area (Å²) >= 11 is 0. The molecule has 2 amide bonds. The summed E-state index contributed by atoms with van der Waals surface area (Å²) in [7, 11) is 3.35. The number of ether oxygens (including phenoxy) is 1. The van der Waals surface area contributed by atoms with Crippen molar-refractivity contribution in [3.8, 4) is 5.88 Å². The summed E-state index contributed by atoms with van der Waals surface area (Å²) in [6.45, 7) is 7.27. The van der Waals surface area contributed by atoms with E-state index in [0.29, 0.717) is 62.1 Å². The standard InChI is InChI=1S/C39H46N9O3/c1-26(2)51-34-12-9-30(22-44-34)36(43-4)32-21-31(10-11-33(32)40)48-20-16-39(38(48)50)15-19-46(24-39)23-35(49)47-17-13-28(14-18-47)27-5-7-29(8-6-27)37(41)45-25-42-3/h5-13,21-22,25-26H,14-20,23-24H2,1-4H3,(H3-,40,41,42,43,45)/q-1/t39-/m0/s1. The van der Waals surface area contributed by atoms with E-state index in [-0.39, 0.29) is 23.8 Å². The number of nitrogen functional groups attached to an aromatic ring is 1. The molecule has 0 unspecified atom stereocenters. The number of aliphatic imine (C=N–C) groups is 2. The number of hydrogen-bond donors (Lipinski definition) is 2. The molecule has 266 valence electrons. The molecule has 12 heteroatoms. The van der Waals surface area contributed by atoms with Crippen molar-refractivity contribution in [3.63, 3.8) is 0 Å². The molecule has 0 saturated carbocycles. The third-order valence-electron chi connectivity index (χ3n) is 9.92. The number of hydrogen-bond acceptors (Lipinski definition) is 8. The van der Waals surface area contributed by atoms with Crippen molar-refractivity contribution in [2.75, 3.05) is 64.0 Å². The van der Waals surface area contributed by atoms with Gasteiger partial charge in [-0.1, -0.05) is 36.2 Å². The van der Waals surface area contributed by atoms with Gasteiger partial charge >= 0.3 is 0 Å². The third-order valence-corrected chi connectivity index (χ3v) is 9.92. The molecular formula is C39H46N9O3-. The first-order valence-corrected chi connectivity index (χ1v) is 17.5. The average Bonchev–Trinajstić information content (AvgIpc) is 3.70. The zero-order valence-electron chi connectivity index (χ0n) is 29.8. The Balaban J connectivity index is 1.06. The molecule has 0 radical (unpaired) electrons. The summed E-state index contributed by atoms with van der Waals surface area (Å²) in [5, 5.41) is 12.9. The lowest BCUT2D eigenvalue weighted by Crippen LogP contribution is -2.43. The van der Waals surface area contributed by atoms with Crippen LogP contribution in [-0.2, 0) is 9.59 Å². The molecule has 51 heavy (non-hydrogen) atoms. The van der Waals surface area contributed by atoms with E-state index in [4.69, 9.17) is 10.5 Å². The predicted molar refractivity (Wildman–Crippen MR) is 204 cm³/mol. The van der Waals surface area contributed by atoms with Gasteiger partial charge in [0.2, 0.25) is 17.7 Å². The minimum absolute atomic E-state index is 0.0204. The van der Waals surface area contributed by atoms with Gasteiger partial charge in [-0.15, -0.1) is 0 Å². The summed E-state index contributed by atoms with van der Waals surface area (Å²) in [5.74, 6) is 0.758. The zero-order chi connectivity index (χ0) is 36.1. The lowest BCUT2D eigenvalue weighted by molar-refractivity contribution is -0.132. The average molecular weight is 689 g/mol. The summed E-state index contributed by atoms with van der Waals surface area (Å²) in [6.07, 6.45) is 7.49. The number of rotatable bonds is 10. The first-order valence-electron chi connectivity index (χ1n) is 17.5. The van der Waals surface area contributed by atoms with Crippen LogP contribution in [0.2, 0.25) is 0 Å². The Morgan fingerprint density at radius 1 is 1.08 bits per heavy atom. The Morgan fingerprint density at radius 3 is 2.51 bits per heavy atom. The number of likely N-dealkylation sites (tertiary alicyclic amines) is 1. The maximum Gasteiger partial charge on any atom is 0.237 e. The molecule has 1 aromatic heterocycles. The normalized spacial score (nSPS) is 19.7. The monoisotopic (exact) mass is 688 g/mol. The van der Waals surface area contributed by atoms with Gasteiger partial charge in [-0.05, 0) is 80.6 Å². The van der Waals surface area contributed by atoms with Crippen LogP contribution in [0.15, 0.2) is 76.9 Å². The molecule has 6 rings (SSSR count). The second-order valence-corrected chi connectivity index (χ2v) is 13.6. The molecule has 12 nitrogen and oxygen atoms in total. The Bertz CT molecular complexity index is 1870. The lowest BCUT2D eigenvalue weighted by atomic mass is 9.85. The van der Waals surface area contributed by atoms with Crippen molar-refractivity contribution >= 4 is 46.6 Å². The first kappa shape index (κ1) is 35.5. The number of benzene rings is 2. The highest BCUT2D eigenvalue weighted by atomic mass is 16.5. The van der Waals surface area contributed by atoms with Crippen molar-refractivity contribution in [3.05, 3.63) is 94.5 Å². The second-order valence-electron chi connectivity index (χ2n) is 13.6. The third kappa shape index (κ3) is 7.70. The SMILES string of the molecule is CN=CNC(=[N-])c1ccc(C2=CCN(C(=O)CN3CC[C@]4(CCN(c5ccc(N)c(C(=NC)c6ccc(OC(C)C)nc6)c5)C4=O)C3)CC2)cc1. The van der Waals surface area contributed by atoms with E-state index in [9.17, 15) is 15.0 Å². The molecule has 3 aromatic rings. The van der Waals surface area contributed by atoms with Gasteiger partial charge in [-0.25, -0.2) is 4.98 Å². The maximum absolute atomic E-state index is 14.1. The van der Waals surface area contributed by atoms with E-state index < -0.39 is 5.41 Å². The quantitative estimate of drug-likeness (QED) is 0.184. The van der Waals surface area contributed by atoms with Crippen molar-refractivity contribution in [1.82, 2.24) is 20.1 Å². The van der Waals surface area contributed by atoms with E-state index in [1.165, 1.54) is 11.9 Å². The van der Waals surface area contributed by atoms with Gasteiger partial charge in [-0.3, -0.25) is 19.5 Å². The van der Waals surface area contributed by atoms with Crippen molar-refractivity contribution in [2.24, 2.45) is 15.4 Å². The van der Waals surface area contributed by atoms with Crippen LogP contribution >= 0.6 is 0 Å². The van der Waals surface area contributed by atoms with Crippen LogP contribution in [0.1, 0.15) is 55.4 Å². The Morgan fingerprint density at radius 2 is 1.84 bits per heavy atom. The van der Waals surface area contributed by atoms with Crippen molar-refractivity contribution < 1.29 is 14.3 Å². The van der Waals surface area contributed by atoms with Crippen LogP contribution in [0.5, 0.6) is 5.88 Å². The number of amidine groups is 1. The van der Waals surface area contributed by atoms with Gasteiger partial charge < -0.3 is 36.0 Å². The summed E-state index contributed by atoms with van der Waals surface area (Å²) in [6, 6.07) is 17.1. The molecule has 1 atom stereocenters. The Kier molecular flexibility index (Phi) is 10.6. The van der Waals surface area contributed by atoms with E-state index in [0.717, 1.165) is 41.6 Å². The predicted octanol–water partition coefficient (Wildman–Crippen LogP) is 4.23. The number of pyridine rings is 1. The van der Waals surface area contributed by atoms with Crippen LogP contribution in [0.3, 0.4) is 0 Å². The number of aromatic nitrogens is 1. The molecule has 4 heterocycles. The number of carbonyl (C=O) groups is 2. The van der Waals surface area contributed by atoms with Gasteiger partial charge in [0.25, 0.3) is 0 Å². The van der Waals surface area contributed by atoms with E-state index in [1.54, 1.807) is 20.3 Å².